The number of hydrogen-bond acceptors (Lipinski definition) is 4. The molecule has 0 atom stereocenters. The summed E-state index contributed by atoms with van der Waals surface area (Å²) in [6.45, 7) is 5.67. The van der Waals surface area contributed by atoms with Gasteiger partial charge in [-0.15, -0.1) is 0 Å². The Morgan fingerprint density at radius 3 is 3.07 bits per heavy atom. The zero-order valence-electron chi connectivity index (χ0n) is 8.06. The van der Waals surface area contributed by atoms with Crippen LogP contribution in [0.4, 0.5) is 0 Å². The van der Waals surface area contributed by atoms with E-state index in [-0.39, 0.29) is 0 Å². The third kappa shape index (κ3) is 1.22. The molecule has 0 N–H and O–H groups in total. The van der Waals surface area contributed by atoms with Crippen molar-refractivity contribution in [1.29, 1.82) is 0 Å². The first-order valence-corrected chi connectivity index (χ1v) is 4.13. The van der Waals surface area contributed by atoms with Gasteiger partial charge in [0.2, 0.25) is 0 Å². The zero-order chi connectivity index (χ0) is 10.1. The minimum atomic E-state index is 0.547. The number of hydrogen-bond donors (Lipinski definition) is 0. The van der Waals surface area contributed by atoms with E-state index in [0.717, 1.165) is 11.4 Å². The third-order valence-corrected chi connectivity index (χ3v) is 1.91. The molecule has 0 saturated heterocycles. The van der Waals surface area contributed by atoms with Crippen LogP contribution >= 0.6 is 0 Å². The fourth-order valence-electron chi connectivity index (χ4n) is 1.23. The molecule has 2 rings (SSSR count). The van der Waals surface area contributed by atoms with Crippen molar-refractivity contribution in [2.75, 3.05) is 7.11 Å². The topological polar surface area (TPSA) is 52.3 Å². The second-order valence-corrected chi connectivity index (χ2v) is 2.88. The molecule has 0 saturated carbocycles. The Morgan fingerprint density at radius 2 is 2.36 bits per heavy atom. The predicted molar refractivity (Wildman–Crippen MR) is 51.6 cm³/mol. The summed E-state index contributed by atoms with van der Waals surface area (Å²) >= 11 is 0. The van der Waals surface area contributed by atoms with Crippen LogP contribution < -0.4 is 0 Å². The van der Waals surface area contributed by atoms with Crippen LogP contribution in [0.25, 0.3) is 11.5 Å². The first kappa shape index (κ1) is 8.68. The summed E-state index contributed by atoms with van der Waals surface area (Å²) in [6.07, 6.45) is 1.45. The molecule has 14 heavy (non-hydrogen) atoms. The van der Waals surface area contributed by atoms with Crippen molar-refractivity contribution in [2.24, 2.45) is 0 Å². The van der Waals surface area contributed by atoms with Gasteiger partial charge in [-0.05, 0) is 13.0 Å². The van der Waals surface area contributed by atoms with Gasteiger partial charge in [-0.2, -0.15) is 14.6 Å². The Balaban J connectivity index is 2.72. The normalized spacial score (nSPS) is 10.4. The first-order chi connectivity index (χ1) is 6.72. The van der Waals surface area contributed by atoms with E-state index in [1.807, 2.05) is 13.0 Å². The molecule has 0 aliphatic rings. The molecule has 0 unspecified atom stereocenters. The number of rotatable bonds is 2. The molecule has 0 spiro atoms. The van der Waals surface area contributed by atoms with Crippen LogP contribution in [0.5, 0.6) is 0 Å². The fraction of sp³-hybridized carbons (Fsp3) is 0.222. The smallest absolute Gasteiger partial charge is 0.253 e. The van der Waals surface area contributed by atoms with Crippen LogP contribution in [-0.4, -0.2) is 26.7 Å². The van der Waals surface area contributed by atoms with Gasteiger partial charge < -0.3 is 4.74 Å². The van der Waals surface area contributed by atoms with Crippen molar-refractivity contribution in [3.05, 3.63) is 30.4 Å². The van der Waals surface area contributed by atoms with Gasteiger partial charge in [-0.3, -0.25) is 0 Å². The molecule has 0 amide bonds. The molecule has 0 aliphatic carbocycles. The summed E-state index contributed by atoms with van der Waals surface area (Å²) in [5.41, 5.74) is 1.63. The zero-order valence-corrected chi connectivity index (χ0v) is 8.06. The van der Waals surface area contributed by atoms with E-state index in [4.69, 9.17) is 4.74 Å². The van der Waals surface area contributed by atoms with Gasteiger partial charge in [0.05, 0.1) is 7.11 Å². The number of nitrogens with zero attached hydrogens (tertiary/aromatic N) is 4. The number of ether oxygens (including phenoxy) is 1. The highest BCUT2D eigenvalue weighted by Gasteiger charge is 2.08. The lowest BCUT2D eigenvalue weighted by Gasteiger charge is -2.06. The molecule has 2 aromatic rings. The summed E-state index contributed by atoms with van der Waals surface area (Å²) in [6, 6.07) is 1.85. The van der Waals surface area contributed by atoms with Crippen molar-refractivity contribution in [2.45, 2.75) is 6.92 Å². The number of aromatic nitrogens is 4. The summed E-state index contributed by atoms with van der Waals surface area (Å²) < 4.78 is 6.65. The van der Waals surface area contributed by atoms with Gasteiger partial charge in [0.1, 0.15) is 17.8 Å². The number of methoxy groups -OCH3 is 1. The van der Waals surface area contributed by atoms with E-state index in [9.17, 15) is 0 Å². The van der Waals surface area contributed by atoms with E-state index in [2.05, 4.69) is 21.6 Å². The first-order valence-electron chi connectivity index (χ1n) is 4.13. The molecule has 0 bridgehead atoms. The van der Waals surface area contributed by atoms with Crippen LogP contribution in [-0.2, 0) is 4.74 Å². The average molecular weight is 190 g/mol. The minimum absolute atomic E-state index is 0.547. The largest absolute Gasteiger partial charge is 0.495 e. The number of aryl methyl sites for hydroxylation is 1. The maximum absolute atomic E-state index is 5.06. The van der Waals surface area contributed by atoms with Gasteiger partial charge in [-0.25, -0.2) is 4.98 Å². The lowest BCUT2D eigenvalue weighted by Crippen LogP contribution is -2.02. The van der Waals surface area contributed by atoms with E-state index in [1.165, 1.54) is 6.33 Å². The van der Waals surface area contributed by atoms with Gasteiger partial charge in [-0.1, -0.05) is 6.58 Å². The highest BCUT2D eigenvalue weighted by molar-refractivity contribution is 5.56. The van der Waals surface area contributed by atoms with E-state index >= 15 is 0 Å². The van der Waals surface area contributed by atoms with E-state index < -0.39 is 0 Å². The lowest BCUT2D eigenvalue weighted by atomic mass is 10.3. The molecule has 72 valence electrons. The molecule has 0 radical (unpaired) electrons. The highest BCUT2D eigenvalue weighted by Crippen LogP contribution is 2.13. The van der Waals surface area contributed by atoms with Gasteiger partial charge in [0.15, 0.2) is 0 Å². The Kier molecular flexibility index (Phi) is 1.92. The Labute approximate surface area is 81.1 Å². The fourth-order valence-corrected chi connectivity index (χ4v) is 1.23. The van der Waals surface area contributed by atoms with Gasteiger partial charge >= 0.3 is 0 Å². The predicted octanol–water partition coefficient (Wildman–Crippen LogP) is 1.05. The Bertz CT molecular complexity index is 489. The van der Waals surface area contributed by atoms with Gasteiger partial charge in [0.25, 0.3) is 5.78 Å². The molecular weight excluding hydrogens is 180 g/mol. The van der Waals surface area contributed by atoms with Crippen LogP contribution in [0, 0.1) is 6.92 Å². The molecule has 5 nitrogen and oxygen atoms in total. The maximum Gasteiger partial charge on any atom is 0.253 e. The summed E-state index contributed by atoms with van der Waals surface area (Å²) in [7, 11) is 1.57. The minimum Gasteiger partial charge on any atom is -0.495 e. The SMILES string of the molecule is C=C(OC)c1cc(C)nc2ncnn12. The van der Waals surface area contributed by atoms with Crippen molar-refractivity contribution >= 4 is 11.5 Å². The molecule has 5 heteroatoms. The molecular formula is C9H10N4O. The van der Waals surface area contributed by atoms with Crippen LogP contribution in [0.15, 0.2) is 19.0 Å². The lowest BCUT2D eigenvalue weighted by molar-refractivity contribution is 0.368. The van der Waals surface area contributed by atoms with Crippen molar-refractivity contribution in [3.63, 3.8) is 0 Å². The summed E-state index contributed by atoms with van der Waals surface area (Å²) in [5.74, 6) is 1.10. The van der Waals surface area contributed by atoms with Crippen molar-refractivity contribution in [3.8, 4) is 0 Å². The average Bonchev–Trinajstić information content (AvgIpc) is 2.62. The summed E-state index contributed by atoms with van der Waals surface area (Å²) in [4.78, 5) is 8.21. The second-order valence-electron chi connectivity index (χ2n) is 2.88. The monoisotopic (exact) mass is 190 g/mol. The second kappa shape index (κ2) is 3.10. The quantitative estimate of drug-likeness (QED) is 0.664. The van der Waals surface area contributed by atoms with Crippen LogP contribution in [0.1, 0.15) is 11.4 Å². The summed E-state index contributed by atoms with van der Waals surface area (Å²) in [5, 5.41) is 4.03. The van der Waals surface area contributed by atoms with Crippen molar-refractivity contribution < 1.29 is 4.74 Å². The van der Waals surface area contributed by atoms with Gasteiger partial charge in [0, 0.05) is 5.69 Å². The Hall–Kier alpha value is -1.91. The van der Waals surface area contributed by atoms with E-state index in [1.54, 1.807) is 11.6 Å². The van der Waals surface area contributed by atoms with Crippen LogP contribution in [0.3, 0.4) is 0 Å². The molecule has 2 heterocycles. The molecule has 0 aromatic carbocycles. The Morgan fingerprint density at radius 1 is 1.57 bits per heavy atom. The van der Waals surface area contributed by atoms with Crippen LogP contribution in [0.2, 0.25) is 0 Å². The van der Waals surface area contributed by atoms with Crippen molar-refractivity contribution in [1.82, 2.24) is 19.6 Å². The standard InChI is InChI=1S/C9H10N4O/c1-6-4-8(7(2)14-3)13-9(12-6)10-5-11-13/h4-5H,2H2,1,3H3. The van der Waals surface area contributed by atoms with E-state index in [0.29, 0.717) is 11.5 Å². The molecule has 0 aliphatic heterocycles. The third-order valence-electron chi connectivity index (χ3n) is 1.91. The molecule has 0 fully saturated rings. The molecule has 2 aromatic heterocycles. The number of fused-ring (bicyclic) bond motifs is 1. The highest BCUT2D eigenvalue weighted by atomic mass is 16.5. The maximum atomic E-state index is 5.06.